The number of furan rings is 1. The average molecular weight is 281 g/mol. The number of rotatable bonds is 4. The number of benzene rings is 1. The van der Waals surface area contributed by atoms with Crippen LogP contribution in [0.25, 0.3) is 0 Å². The van der Waals surface area contributed by atoms with Crippen molar-refractivity contribution in [1.82, 2.24) is 0 Å². The Hall–Kier alpha value is -3.25. The van der Waals surface area contributed by atoms with Gasteiger partial charge in [0.25, 0.3) is 0 Å². The molecule has 0 saturated carbocycles. The lowest BCUT2D eigenvalue weighted by atomic mass is 10.1. The van der Waals surface area contributed by atoms with E-state index >= 15 is 0 Å². The van der Waals surface area contributed by atoms with Crippen LogP contribution in [-0.2, 0) is 0 Å². The van der Waals surface area contributed by atoms with Crippen molar-refractivity contribution in [3.63, 3.8) is 0 Å². The number of carbonyl (C=O) groups is 1. The van der Waals surface area contributed by atoms with Crippen LogP contribution in [0.5, 0.6) is 0 Å². The van der Waals surface area contributed by atoms with Crippen LogP contribution >= 0.6 is 0 Å². The van der Waals surface area contributed by atoms with E-state index in [1.54, 1.807) is 31.2 Å². The van der Waals surface area contributed by atoms with Gasteiger partial charge in [-0.2, -0.15) is 10.5 Å². The maximum Gasteiger partial charge on any atom is 0.371 e. The number of anilines is 1. The summed E-state index contributed by atoms with van der Waals surface area (Å²) in [6.45, 7) is 1.80. The molecule has 0 bridgehead atoms. The quantitative estimate of drug-likeness (QED) is 0.891. The lowest BCUT2D eigenvalue weighted by Crippen LogP contribution is -2.06. The monoisotopic (exact) mass is 281 g/mol. The van der Waals surface area contributed by atoms with Crippen molar-refractivity contribution in [2.45, 2.75) is 13.0 Å². The third-order valence-corrected chi connectivity index (χ3v) is 2.91. The van der Waals surface area contributed by atoms with Gasteiger partial charge in [0, 0.05) is 5.69 Å². The molecule has 1 aromatic carbocycles. The molecular weight excluding hydrogens is 270 g/mol. The number of carboxylic acids is 1. The van der Waals surface area contributed by atoms with Crippen LogP contribution in [-0.4, -0.2) is 11.1 Å². The second kappa shape index (κ2) is 5.81. The number of nitrogens with one attached hydrogen (secondary N) is 1. The van der Waals surface area contributed by atoms with E-state index in [1.165, 1.54) is 6.07 Å². The summed E-state index contributed by atoms with van der Waals surface area (Å²) in [4.78, 5) is 10.8. The van der Waals surface area contributed by atoms with E-state index < -0.39 is 5.97 Å². The zero-order valence-electron chi connectivity index (χ0n) is 11.1. The number of hydrogen-bond acceptors (Lipinski definition) is 5. The molecule has 0 saturated heterocycles. The van der Waals surface area contributed by atoms with Gasteiger partial charge >= 0.3 is 5.97 Å². The summed E-state index contributed by atoms with van der Waals surface area (Å²) in [6, 6.07) is 11.4. The predicted molar refractivity (Wildman–Crippen MR) is 73.6 cm³/mol. The zero-order chi connectivity index (χ0) is 15.4. The zero-order valence-corrected chi connectivity index (χ0v) is 11.1. The first-order valence-corrected chi connectivity index (χ1v) is 6.09. The fourth-order valence-corrected chi connectivity index (χ4v) is 1.85. The van der Waals surface area contributed by atoms with Crippen molar-refractivity contribution >= 4 is 11.7 Å². The van der Waals surface area contributed by atoms with E-state index in [2.05, 4.69) is 5.32 Å². The maximum absolute atomic E-state index is 10.8. The summed E-state index contributed by atoms with van der Waals surface area (Å²) in [5.74, 6) is -0.787. The van der Waals surface area contributed by atoms with Crippen LogP contribution in [0.4, 0.5) is 5.69 Å². The molecule has 0 radical (unpaired) electrons. The molecule has 1 heterocycles. The van der Waals surface area contributed by atoms with Crippen molar-refractivity contribution in [1.29, 1.82) is 10.5 Å². The molecule has 2 N–H and O–H groups in total. The molecule has 0 aliphatic heterocycles. The highest BCUT2D eigenvalue weighted by Gasteiger charge is 2.14. The van der Waals surface area contributed by atoms with Crippen LogP contribution in [0, 0.1) is 22.7 Å². The Bertz CT molecular complexity index is 765. The lowest BCUT2D eigenvalue weighted by molar-refractivity contribution is 0.0660. The molecule has 0 amide bonds. The van der Waals surface area contributed by atoms with Crippen molar-refractivity contribution in [3.05, 3.63) is 53.0 Å². The van der Waals surface area contributed by atoms with E-state index in [0.717, 1.165) is 0 Å². The second-order valence-corrected chi connectivity index (χ2v) is 4.36. The Morgan fingerprint density at radius 2 is 1.95 bits per heavy atom. The van der Waals surface area contributed by atoms with Gasteiger partial charge in [-0.05, 0) is 37.3 Å². The molecule has 2 rings (SSSR count). The van der Waals surface area contributed by atoms with Gasteiger partial charge in [-0.25, -0.2) is 4.79 Å². The Morgan fingerprint density at radius 3 is 2.52 bits per heavy atom. The molecule has 0 aliphatic carbocycles. The summed E-state index contributed by atoms with van der Waals surface area (Å²) >= 11 is 0. The van der Waals surface area contributed by atoms with Crippen LogP contribution < -0.4 is 5.32 Å². The molecule has 104 valence electrons. The number of carboxylic acid groups (broad SMARTS) is 1. The Labute approximate surface area is 120 Å². The topological polar surface area (TPSA) is 110 Å². The smallest absolute Gasteiger partial charge is 0.371 e. The largest absolute Gasteiger partial charge is 0.475 e. The lowest BCUT2D eigenvalue weighted by Gasteiger charge is -2.13. The minimum absolute atomic E-state index is 0.129. The second-order valence-electron chi connectivity index (χ2n) is 4.36. The van der Waals surface area contributed by atoms with Gasteiger partial charge in [-0.3, -0.25) is 0 Å². The molecule has 1 unspecified atom stereocenters. The molecule has 0 fully saturated rings. The van der Waals surface area contributed by atoms with E-state index in [-0.39, 0.29) is 17.4 Å². The highest BCUT2D eigenvalue weighted by atomic mass is 16.4. The first-order valence-electron chi connectivity index (χ1n) is 6.09. The van der Waals surface area contributed by atoms with E-state index in [4.69, 9.17) is 20.0 Å². The third kappa shape index (κ3) is 3.02. The van der Waals surface area contributed by atoms with Crippen molar-refractivity contribution < 1.29 is 14.3 Å². The Morgan fingerprint density at radius 1 is 1.24 bits per heavy atom. The minimum Gasteiger partial charge on any atom is -0.475 e. The summed E-state index contributed by atoms with van der Waals surface area (Å²) in [6.07, 6.45) is 0. The maximum atomic E-state index is 10.8. The highest BCUT2D eigenvalue weighted by Crippen LogP contribution is 2.23. The van der Waals surface area contributed by atoms with E-state index in [0.29, 0.717) is 17.0 Å². The number of nitriles is 2. The van der Waals surface area contributed by atoms with E-state index in [9.17, 15) is 4.79 Å². The molecule has 6 heteroatoms. The fourth-order valence-electron chi connectivity index (χ4n) is 1.85. The van der Waals surface area contributed by atoms with Crippen molar-refractivity contribution in [3.8, 4) is 12.1 Å². The van der Waals surface area contributed by atoms with Crippen LogP contribution in [0.15, 0.2) is 34.7 Å². The first-order chi connectivity index (χ1) is 10.0. The summed E-state index contributed by atoms with van der Waals surface area (Å²) in [5.41, 5.74) is 1.23. The molecule has 21 heavy (non-hydrogen) atoms. The summed E-state index contributed by atoms with van der Waals surface area (Å²) in [5, 5.41) is 29.7. The van der Waals surface area contributed by atoms with Crippen LogP contribution in [0.1, 0.15) is 40.4 Å². The van der Waals surface area contributed by atoms with Crippen molar-refractivity contribution in [2.75, 3.05) is 5.32 Å². The summed E-state index contributed by atoms with van der Waals surface area (Å²) < 4.78 is 5.20. The number of hydrogen-bond donors (Lipinski definition) is 2. The number of aromatic carboxylic acids is 1. The van der Waals surface area contributed by atoms with Crippen LogP contribution in [0.2, 0.25) is 0 Å². The van der Waals surface area contributed by atoms with Crippen LogP contribution in [0.3, 0.4) is 0 Å². The Balaban J connectivity index is 2.19. The summed E-state index contributed by atoms with van der Waals surface area (Å²) in [7, 11) is 0. The predicted octanol–water partition coefficient (Wildman–Crippen LogP) is 2.89. The highest BCUT2D eigenvalue weighted by molar-refractivity contribution is 5.84. The molecule has 0 aliphatic rings. The Kier molecular flexibility index (Phi) is 3.92. The average Bonchev–Trinajstić information content (AvgIpc) is 2.97. The molecule has 1 aromatic heterocycles. The third-order valence-electron chi connectivity index (χ3n) is 2.91. The van der Waals surface area contributed by atoms with Crippen molar-refractivity contribution in [2.24, 2.45) is 0 Å². The van der Waals surface area contributed by atoms with Gasteiger partial charge in [0.2, 0.25) is 5.76 Å². The molecule has 6 nitrogen and oxygen atoms in total. The van der Waals surface area contributed by atoms with Gasteiger partial charge in [-0.1, -0.05) is 0 Å². The minimum atomic E-state index is -1.13. The normalized spacial score (nSPS) is 11.2. The van der Waals surface area contributed by atoms with Gasteiger partial charge in [0.15, 0.2) is 0 Å². The SMILES string of the molecule is CC(Nc1ccc(C#N)c(C#N)c1)c1ccc(C(=O)O)o1. The van der Waals surface area contributed by atoms with Gasteiger partial charge in [0.05, 0.1) is 17.2 Å². The van der Waals surface area contributed by atoms with Gasteiger partial charge in [-0.15, -0.1) is 0 Å². The number of nitrogens with zero attached hydrogens (tertiary/aromatic N) is 2. The molecule has 0 spiro atoms. The first kappa shape index (κ1) is 14.2. The fraction of sp³-hybridized carbons (Fsp3) is 0.133. The molecule has 1 atom stereocenters. The standard InChI is InChI=1S/C15H11N3O3/c1-9(13-4-5-14(21-13)15(19)20)18-12-3-2-10(7-16)11(6-12)8-17/h2-6,9,18H,1H3,(H,19,20). The van der Waals surface area contributed by atoms with Gasteiger partial charge < -0.3 is 14.8 Å². The molecule has 2 aromatic rings. The molecular formula is C15H11N3O3. The van der Waals surface area contributed by atoms with E-state index in [1.807, 2.05) is 12.1 Å². The van der Waals surface area contributed by atoms with Gasteiger partial charge in [0.1, 0.15) is 17.9 Å².